The van der Waals surface area contributed by atoms with Crippen LogP contribution in [0.15, 0.2) is 24.3 Å². The molecule has 2 rings (SSSR count). The lowest BCUT2D eigenvalue weighted by molar-refractivity contribution is -0.147. The molecule has 7 nitrogen and oxygen atoms in total. The largest absolute Gasteiger partial charge is 0.497 e. The number of hydrogen-bond donors (Lipinski definition) is 0. The standard InChI is InChI=1S/C14H14N2O5S/c1-3-21-11(17)8-15-12(18)13(19)16(14(15)22)9-4-6-10(20-2)7-5-9/h4-7H,3,8H2,1-2H3. The molecule has 1 aromatic rings. The van der Waals surface area contributed by atoms with Crippen LogP contribution in [0.1, 0.15) is 6.92 Å². The Labute approximate surface area is 132 Å². The molecule has 0 saturated carbocycles. The highest BCUT2D eigenvalue weighted by Gasteiger charge is 2.43. The topological polar surface area (TPSA) is 76.2 Å². The van der Waals surface area contributed by atoms with E-state index >= 15 is 0 Å². The second-order valence-corrected chi connectivity index (χ2v) is 4.68. The number of hydrogen-bond acceptors (Lipinski definition) is 6. The van der Waals surface area contributed by atoms with Crippen molar-refractivity contribution in [3.63, 3.8) is 0 Å². The van der Waals surface area contributed by atoms with Crippen LogP contribution in [0, 0.1) is 0 Å². The van der Waals surface area contributed by atoms with E-state index in [1.807, 2.05) is 0 Å². The average molecular weight is 322 g/mol. The molecule has 0 aromatic heterocycles. The zero-order valence-corrected chi connectivity index (χ0v) is 12.9. The zero-order valence-electron chi connectivity index (χ0n) is 12.1. The third kappa shape index (κ3) is 2.91. The summed E-state index contributed by atoms with van der Waals surface area (Å²) in [5.41, 5.74) is 0.426. The van der Waals surface area contributed by atoms with E-state index in [9.17, 15) is 14.4 Å². The molecule has 0 aliphatic carbocycles. The molecule has 0 spiro atoms. The van der Waals surface area contributed by atoms with Gasteiger partial charge in [0, 0.05) is 0 Å². The number of ether oxygens (including phenoxy) is 2. The van der Waals surface area contributed by atoms with E-state index in [1.54, 1.807) is 31.2 Å². The molecule has 116 valence electrons. The molecular formula is C14H14N2O5S. The van der Waals surface area contributed by atoms with Gasteiger partial charge >= 0.3 is 17.8 Å². The van der Waals surface area contributed by atoms with Crippen LogP contribution in [0.5, 0.6) is 5.75 Å². The number of thiocarbonyl (C=S) groups is 1. The third-order valence-corrected chi connectivity index (χ3v) is 3.38. The summed E-state index contributed by atoms with van der Waals surface area (Å²) in [7, 11) is 1.52. The van der Waals surface area contributed by atoms with Crippen molar-refractivity contribution in [1.82, 2.24) is 4.90 Å². The molecule has 1 saturated heterocycles. The van der Waals surface area contributed by atoms with Crippen molar-refractivity contribution in [3.05, 3.63) is 24.3 Å². The van der Waals surface area contributed by atoms with Gasteiger partial charge in [-0.1, -0.05) is 0 Å². The fourth-order valence-electron chi connectivity index (χ4n) is 1.94. The number of benzene rings is 1. The summed E-state index contributed by atoms with van der Waals surface area (Å²) >= 11 is 5.13. The molecule has 0 N–H and O–H groups in total. The number of rotatable bonds is 5. The molecule has 0 atom stereocenters. The maximum absolute atomic E-state index is 12.1. The maximum atomic E-state index is 12.1. The van der Waals surface area contributed by atoms with Crippen LogP contribution in [0.4, 0.5) is 5.69 Å². The van der Waals surface area contributed by atoms with Gasteiger partial charge in [0.1, 0.15) is 12.3 Å². The lowest BCUT2D eigenvalue weighted by atomic mass is 10.3. The second-order valence-electron chi connectivity index (χ2n) is 4.32. The Kier molecular flexibility index (Phi) is 4.71. The molecule has 1 heterocycles. The summed E-state index contributed by atoms with van der Waals surface area (Å²) < 4.78 is 9.80. The van der Waals surface area contributed by atoms with Crippen molar-refractivity contribution >= 4 is 40.8 Å². The number of carbonyl (C=O) groups is 3. The number of amides is 2. The van der Waals surface area contributed by atoms with E-state index in [4.69, 9.17) is 21.7 Å². The van der Waals surface area contributed by atoms with Gasteiger partial charge < -0.3 is 9.47 Å². The summed E-state index contributed by atoms with van der Waals surface area (Å²) in [5, 5.41) is -0.0479. The van der Waals surface area contributed by atoms with Crippen molar-refractivity contribution in [3.8, 4) is 5.75 Å². The molecular weight excluding hydrogens is 308 g/mol. The van der Waals surface area contributed by atoms with E-state index in [1.165, 1.54) is 7.11 Å². The number of esters is 1. The highest BCUT2D eigenvalue weighted by Crippen LogP contribution is 2.24. The minimum Gasteiger partial charge on any atom is -0.497 e. The van der Waals surface area contributed by atoms with Crippen molar-refractivity contribution in [2.24, 2.45) is 0 Å². The fraction of sp³-hybridized carbons (Fsp3) is 0.286. The quantitative estimate of drug-likeness (QED) is 0.452. The van der Waals surface area contributed by atoms with Gasteiger partial charge in [0.15, 0.2) is 5.11 Å². The van der Waals surface area contributed by atoms with Gasteiger partial charge in [0.25, 0.3) is 0 Å². The molecule has 0 radical (unpaired) electrons. The third-order valence-electron chi connectivity index (χ3n) is 2.98. The Morgan fingerprint density at radius 2 is 1.82 bits per heavy atom. The first-order chi connectivity index (χ1) is 10.5. The minimum atomic E-state index is -0.853. The maximum Gasteiger partial charge on any atom is 0.326 e. The monoisotopic (exact) mass is 322 g/mol. The molecule has 1 aromatic carbocycles. The normalized spacial score (nSPS) is 14.5. The summed E-state index contributed by atoms with van der Waals surface area (Å²) in [5.74, 6) is -1.67. The molecule has 0 unspecified atom stereocenters. The Morgan fingerprint density at radius 3 is 2.36 bits per heavy atom. The number of anilines is 1. The molecule has 1 aliphatic heterocycles. The predicted molar refractivity (Wildman–Crippen MR) is 81.4 cm³/mol. The van der Waals surface area contributed by atoms with Gasteiger partial charge in [-0.3, -0.25) is 19.3 Å². The summed E-state index contributed by atoms with van der Waals surface area (Å²) in [6.07, 6.45) is 0. The van der Waals surface area contributed by atoms with Gasteiger partial charge in [-0.25, -0.2) is 4.90 Å². The van der Waals surface area contributed by atoms with Crippen LogP contribution < -0.4 is 9.64 Å². The fourth-order valence-corrected chi connectivity index (χ4v) is 2.28. The number of methoxy groups -OCH3 is 1. The van der Waals surface area contributed by atoms with Gasteiger partial charge in [-0.15, -0.1) is 0 Å². The number of carbonyl (C=O) groups excluding carboxylic acids is 3. The number of nitrogens with zero attached hydrogens (tertiary/aromatic N) is 2. The van der Waals surface area contributed by atoms with Gasteiger partial charge in [-0.2, -0.15) is 0 Å². The van der Waals surface area contributed by atoms with E-state index in [0.29, 0.717) is 11.4 Å². The molecule has 0 bridgehead atoms. The van der Waals surface area contributed by atoms with Crippen LogP contribution in [0.3, 0.4) is 0 Å². The van der Waals surface area contributed by atoms with Crippen LogP contribution in [-0.4, -0.2) is 48.1 Å². The predicted octanol–water partition coefficient (Wildman–Crippen LogP) is 0.718. The lowest BCUT2D eigenvalue weighted by Crippen LogP contribution is -2.37. The molecule has 2 amide bonds. The summed E-state index contributed by atoms with van der Waals surface area (Å²) in [6.45, 7) is 1.45. The van der Waals surface area contributed by atoms with E-state index in [2.05, 4.69) is 0 Å². The first-order valence-electron chi connectivity index (χ1n) is 6.49. The van der Waals surface area contributed by atoms with Crippen molar-refractivity contribution in [2.75, 3.05) is 25.2 Å². The lowest BCUT2D eigenvalue weighted by Gasteiger charge is -2.18. The summed E-state index contributed by atoms with van der Waals surface area (Å²) in [6, 6.07) is 6.49. The zero-order chi connectivity index (χ0) is 16.3. The smallest absolute Gasteiger partial charge is 0.326 e. The molecule has 22 heavy (non-hydrogen) atoms. The Hall–Kier alpha value is -2.48. The Balaban J connectivity index is 2.22. The average Bonchev–Trinajstić information content (AvgIpc) is 2.72. The summed E-state index contributed by atoms with van der Waals surface area (Å²) in [4.78, 5) is 37.6. The van der Waals surface area contributed by atoms with E-state index in [0.717, 1.165) is 9.80 Å². The van der Waals surface area contributed by atoms with E-state index in [-0.39, 0.29) is 18.3 Å². The Morgan fingerprint density at radius 1 is 1.18 bits per heavy atom. The molecule has 1 fully saturated rings. The van der Waals surface area contributed by atoms with E-state index < -0.39 is 17.8 Å². The van der Waals surface area contributed by atoms with Crippen LogP contribution in [0.25, 0.3) is 0 Å². The van der Waals surface area contributed by atoms with Crippen molar-refractivity contribution in [2.45, 2.75) is 6.92 Å². The molecule has 1 aliphatic rings. The van der Waals surface area contributed by atoms with Gasteiger partial charge in [-0.05, 0) is 43.4 Å². The Bertz CT molecular complexity index is 629. The van der Waals surface area contributed by atoms with Crippen molar-refractivity contribution < 1.29 is 23.9 Å². The first kappa shape index (κ1) is 15.9. The van der Waals surface area contributed by atoms with Crippen molar-refractivity contribution in [1.29, 1.82) is 0 Å². The highest BCUT2D eigenvalue weighted by atomic mass is 32.1. The van der Waals surface area contributed by atoms with Crippen LogP contribution in [0.2, 0.25) is 0 Å². The second kappa shape index (κ2) is 6.52. The SMILES string of the molecule is CCOC(=O)CN1C(=O)C(=O)N(c2ccc(OC)cc2)C1=S. The minimum absolute atomic E-state index is 0.0479. The highest BCUT2D eigenvalue weighted by molar-refractivity contribution is 7.80. The van der Waals surface area contributed by atoms with Crippen LogP contribution >= 0.6 is 12.2 Å². The van der Waals surface area contributed by atoms with Gasteiger partial charge in [0.05, 0.1) is 19.4 Å². The van der Waals surface area contributed by atoms with Gasteiger partial charge in [0.2, 0.25) is 0 Å². The first-order valence-corrected chi connectivity index (χ1v) is 6.90. The molecule has 8 heteroatoms. The van der Waals surface area contributed by atoms with Crippen LogP contribution in [-0.2, 0) is 19.1 Å².